The second-order valence-electron chi connectivity index (χ2n) is 2.06. The molecule has 0 radical (unpaired) electrons. The van der Waals surface area contributed by atoms with Gasteiger partial charge in [0.25, 0.3) is 0 Å². The molecule has 0 aromatic carbocycles. The molecule has 2 aliphatic rings. The zero-order valence-electron chi connectivity index (χ0n) is 5.77. The van der Waals surface area contributed by atoms with Crippen LogP contribution >= 0.6 is 0 Å². The molecule has 0 aromatic heterocycles. The zero-order valence-corrected chi connectivity index (χ0v) is 7.86. The molecule has 2 saturated heterocycles. The van der Waals surface area contributed by atoms with Crippen LogP contribution in [0.25, 0.3) is 0 Å². The molecule has 0 amide bonds. The van der Waals surface area contributed by atoms with E-state index in [1.54, 1.807) is 0 Å². The van der Waals surface area contributed by atoms with Crippen LogP contribution in [-0.2, 0) is 34.2 Å². The summed E-state index contributed by atoms with van der Waals surface area (Å²) < 4.78 is 17.0. The van der Waals surface area contributed by atoms with Crippen molar-refractivity contribution in [3.8, 4) is 0 Å². The van der Waals surface area contributed by atoms with Gasteiger partial charge in [-0.15, -0.1) is 0 Å². The van der Waals surface area contributed by atoms with Crippen molar-refractivity contribution in [2.75, 3.05) is 0 Å². The van der Waals surface area contributed by atoms with Gasteiger partial charge in [0.15, 0.2) is 0 Å². The Morgan fingerprint density at radius 3 is 1.08 bits per heavy atom. The van der Waals surface area contributed by atoms with Gasteiger partial charge in [-0.05, 0) is 0 Å². The summed E-state index contributed by atoms with van der Waals surface area (Å²) in [5.74, 6) is -5.27. The monoisotopic (exact) mass is 250 g/mol. The Labute approximate surface area is 73.4 Å². The number of hydrogen-bond acceptors (Lipinski definition) is 8. The fraction of sp³-hybridized carbons (Fsp3) is 0. The Hall–Kier alpha value is -1.58. The normalized spacial score (nSPS) is 24.0. The predicted octanol–water partition coefficient (Wildman–Crippen LogP) is -2.38. The van der Waals surface area contributed by atoms with Crippen LogP contribution in [0, 0.1) is 0 Å². The molecule has 0 atom stereocenters. The average Bonchev–Trinajstić information content (AvgIpc) is 2.39. The molecular formula is C4GeO8. The van der Waals surface area contributed by atoms with Crippen LogP contribution in [0.3, 0.4) is 0 Å². The Morgan fingerprint density at radius 2 is 0.846 bits per heavy atom. The van der Waals surface area contributed by atoms with Gasteiger partial charge in [-0.1, -0.05) is 0 Å². The van der Waals surface area contributed by atoms with Crippen molar-refractivity contribution in [2.24, 2.45) is 0 Å². The van der Waals surface area contributed by atoms with E-state index >= 15 is 0 Å². The summed E-state index contributed by atoms with van der Waals surface area (Å²) in [4.78, 5) is 42.1. The molecule has 68 valence electrons. The van der Waals surface area contributed by atoms with E-state index in [1.165, 1.54) is 0 Å². The summed E-state index contributed by atoms with van der Waals surface area (Å²) in [5, 5.41) is 0. The van der Waals surface area contributed by atoms with E-state index in [4.69, 9.17) is 0 Å². The van der Waals surface area contributed by atoms with Crippen LogP contribution in [0.15, 0.2) is 0 Å². The molecule has 2 heterocycles. The van der Waals surface area contributed by atoms with Crippen molar-refractivity contribution < 1.29 is 34.2 Å². The molecule has 2 rings (SSSR count). The summed E-state index contributed by atoms with van der Waals surface area (Å²) in [7, 11) is 0. The second-order valence-corrected chi connectivity index (χ2v) is 5.87. The van der Waals surface area contributed by atoms with E-state index in [-0.39, 0.29) is 0 Å². The van der Waals surface area contributed by atoms with Gasteiger partial charge in [-0.3, -0.25) is 0 Å². The molecule has 0 unspecified atom stereocenters. The number of rotatable bonds is 0. The third kappa shape index (κ3) is 1.06. The van der Waals surface area contributed by atoms with Crippen LogP contribution in [0.5, 0.6) is 0 Å². The van der Waals surface area contributed by atoms with Gasteiger partial charge in [-0.2, -0.15) is 0 Å². The van der Waals surface area contributed by atoms with Crippen molar-refractivity contribution in [1.82, 2.24) is 0 Å². The first-order chi connectivity index (χ1) is 6.02. The van der Waals surface area contributed by atoms with Crippen molar-refractivity contribution in [2.45, 2.75) is 0 Å². The van der Waals surface area contributed by atoms with E-state index in [9.17, 15) is 19.2 Å². The second kappa shape index (κ2) is 2.22. The first-order valence-electron chi connectivity index (χ1n) is 2.95. The number of carbonyl (C=O) groups excluding carboxylic acids is 4. The standard InChI is InChI=1S/C4GeO8/c6-1-2(7)11-5(10-1)12-3(8)4(9)13-5. The molecule has 2 aliphatic heterocycles. The van der Waals surface area contributed by atoms with Crippen molar-refractivity contribution in [1.29, 1.82) is 0 Å². The van der Waals surface area contributed by atoms with Crippen molar-refractivity contribution >= 4 is 38.5 Å². The first-order valence-corrected chi connectivity index (χ1v) is 6.38. The Balaban J connectivity index is 2.27. The minimum atomic E-state index is -4.64. The maximum absolute atomic E-state index is 10.5. The Kier molecular flexibility index (Phi) is 1.37. The third-order valence-electron chi connectivity index (χ3n) is 1.20. The van der Waals surface area contributed by atoms with Crippen LogP contribution in [-0.4, -0.2) is 38.5 Å². The van der Waals surface area contributed by atoms with Gasteiger partial charge in [0.1, 0.15) is 0 Å². The quantitative estimate of drug-likeness (QED) is 0.346. The van der Waals surface area contributed by atoms with Gasteiger partial charge in [0.05, 0.1) is 0 Å². The molecule has 1 spiro atoms. The molecule has 0 aliphatic carbocycles. The summed E-state index contributed by atoms with van der Waals surface area (Å²) >= 11 is -4.64. The third-order valence-corrected chi connectivity index (χ3v) is 4.86. The molecule has 9 heteroatoms. The molecule has 0 N–H and O–H groups in total. The molecule has 13 heavy (non-hydrogen) atoms. The fourth-order valence-corrected chi connectivity index (χ4v) is 3.88. The average molecular weight is 249 g/mol. The van der Waals surface area contributed by atoms with E-state index in [2.05, 4.69) is 15.1 Å². The van der Waals surface area contributed by atoms with Crippen molar-refractivity contribution in [3.63, 3.8) is 0 Å². The van der Waals surface area contributed by atoms with Gasteiger partial charge < -0.3 is 0 Å². The summed E-state index contributed by atoms with van der Waals surface area (Å²) in [5.41, 5.74) is 0. The van der Waals surface area contributed by atoms with Crippen LogP contribution in [0.1, 0.15) is 0 Å². The first kappa shape index (κ1) is 8.04. The van der Waals surface area contributed by atoms with E-state index in [0.717, 1.165) is 0 Å². The summed E-state index contributed by atoms with van der Waals surface area (Å²) in [6, 6.07) is 0. The fourth-order valence-electron chi connectivity index (χ4n) is 0.746. The van der Waals surface area contributed by atoms with Crippen LogP contribution in [0.4, 0.5) is 0 Å². The molecule has 0 saturated carbocycles. The van der Waals surface area contributed by atoms with Crippen LogP contribution in [0.2, 0.25) is 0 Å². The maximum atomic E-state index is 10.5. The molecular weight excluding hydrogens is 249 g/mol. The summed E-state index contributed by atoms with van der Waals surface area (Å²) in [6.45, 7) is 0. The van der Waals surface area contributed by atoms with Crippen molar-refractivity contribution in [3.05, 3.63) is 0 Å². The minimum absolute atomic E-state index is 1.32. The molecule has 0 aromatic rings. The Morgan fingerprint density at radius 1 is 0.615 bits per heavy atom. The van der Waals surface area contributed by atoms with E-state index in [1.807, 2.05) is 0 Å². The van der Waals surface area contributed by atoms with Gasteiger partial charge in [0, 0.05) is 0 Å². The van der Waals surface area contributed by atoms with Gasteiger partial charge >= 0.3 is 72.7 Å². The number of hydrogen-bond donors (Lipinski definition) is 0. The molecule has 0 bridgehead atoms. The topological polar surface area (TPSA) is 105 Å². The molecule has 2 fully saturated rings. The summed E-state index contributed by atoms with van der Waals surface area (Å²) in [6.07, 6.45) is 0. The number of carbonyl (C=O) groups is 4. The van der Waals surface area contributed by atoms with Gasteiger partial charge in [0.2, 0.25) is 0 Å². The SMILES string of the molecule is O=C1[O][Ge]2([O]C1=O)[O]C(=O)C(=O)[O]2. The van der Waals surface area contributed by atoms with E-state index < -0.39 is 38.5 Å². The van der Waals surface area contributed by atoms with Crippen LogP contribution < -0.4 is 0 Å². The Bertz CT molecular complexity index is 275. The predicted molar refractivity (Wildman–Crippen MR) is 30.1 cm³/mol. The zero-order chi connectivity index (χ0) is 9.64. The molecule has 8 nitrogen and oxygen atoms in total. The van der Waals surface area contributed by atoms with E-state index in [0.29, 0.717) is 0 Å². The van der Waals surface area contributed by atoms with Gasteiger partial charge in [-0.25, -0.2) is 0 Å².